The molecule has 0 fully saturated rings. The summed E-state index contributed by atoms with van der Waals surface area (Å²) in [7, 11) is 0. The van der Waals surface area contributed by atoms with Crippen LogP contribution in [-0.4, -0.2) is 25.7 Å². The zero-order chi connectivity index (χ0) is 11.7. The molecule has 90 valence electrons. The third kappa shape index (κ3) is 8.43. The first-order valence-electron chi connectivity index (χ1n) is 5.86. The smallest absolute Gasteiger partial charge is 0.220 e. The molecule has 0 aromatic heterocycles. The van der Waals surface area contributed by atoms with Gasteiger partial charge in [-0.05, 0) is 12.8 Å². The van der Waals surface area contributed by atoms with Crippen molar-refractivity contribution in [3.05, 3.63) is 0 Å². The third-order valence-electron chi connectivity index (χ3n) is 2.08. The Morgan fingerprint density at radius 3 is 2.47 bits per heavy atom. The molecular formula is C12H25NO2. The molecule has 0 aromatic rings. The lowest BCUT2D eigenvalue weighted by Gasteiger charge is -2.24. The van der Waals surface area contributed by atoms with Crippen LogP contribution in [0.5, 0.6) is 0 Å². The molecule has 0 unspecified atom stereocenters. The maximum absolute atomic E-state index is 11.3. The van der Waals surface area contributed by atoms with Crippen LogP contribution in [-0.2, 0) is 9.53 Å². The molecule has 1 amide bonds. The van der Waals surface area contributed by atoms with Crippen molar-refractivity contribution in [1.29, 1.82) is 0 Å². The highest BCUT2D eigenvalue weighted by Crippen LogP contribution is 2.14. The Kier molecular flexibility index (Phi) is 7.39. The van der Waals surface area contributed by atoms with Crippen LogP contribution in [0.15, 0.2) is 0 Å². The molecule has 0 bridgehead atoms. The summed E-state index contributed by atoms with van der Waals surface area (Å²) in [6.45, 7) is 10.5. The van der Waals surface area contributed by atoms with Crippen LogP contribution < -0.4 is 5.32 Å². The van der Waals surface area contributed by atoms with Gasteiger partial charge in [0.25, 0.3) is 0 Å². The molecule has 1 N–H and O–H groups in total. The van der Waals surface area contributed by atoms with E-state index in [0.717, 1.165) is 19.4 Å². The first-order chi connectivity index (χ1) is 7.02. The van der Waals surface area contributed by atoms with Gasteiger partial charge in [-0.2, -0.15) is 0 Å². The molecule has 0 aliphatic rings. The van der Waals surface area contributed by atoms with Crippen LogP contribution >= 0.6 is 0 Å². The molecule has 0 aromatic carbocycles. The van der Waals surface area contributed by atoms with Crippen molar-refractivity contribution in [3.8, 4) is 0 Å². The SMILES string of the molecule is CCCOCC(C)(C)CNC(=O)CCC. The highest BCUT2D eigenvalue weighted by molar-refractivity contribution is 5.75. The van der Waals surface area contributed by atoms with Gasteiger partial charge in [-0.15, -0.1) is 0 Å². The predicted octanol–water partition coefficient (Wildman–Crippen LogP) is 2.36. The Labute approximate surface area is 93.6 Å². The van der Waals surface area contributed by atoms with Gasteiger partial charge in [0, 0.05) is 25.0 Å². The second-order valence-corrected chi connectivity index (χ2v) is 4.74. The molecule has 3 nitrogen and oxygen atoms in total. The van der Waals surface area contributed by atoms with Crippen LogP contribution in [0.1, 0.15) is 47.0 Å². The fraction of sp³-hybridized carbons (Fsp3) is 0.917. The minimum Gasteiger partial charge on any atom is -0.381 e. The molecule has 0 saturated carbocycles. The van der Waals surface area contributed by atoms with Gasteiger partial charge < -0.3 is 10.1 Å². The summed E-state index contributed by atoms with van der Waals surface area (Å²) in [4.78, 5) is 11.3. The number of nitrogens with one attached hydrogen (secondary N) is 1. The quantitative estimate of drug-likeness (QED) is 0.631. The van der Waals surface area contributed by atoms with Crippen molar-refractivity contribution in [1.82, 2.24) is 5.32 Å². The lowest BCUT2D eigenvalue weighted by atomic mass is 9.95. The van der Waals surface area contributed by atoms with Gasteiger partial charge in [-0.25, -0.2) is 0 Å². The molecule has 3 heteroatoms. The molecule has 0 saturated heterocycles. The number of ether oxygens (including phenoxy) is 1. The number of hydrogen-bond acceptors (Lipinski definition) is 2. The van der Waals surface area contributed by atoms with Crippen LogP contribution in [0.2, 0.25) is 0 Å². The van der Waals surface area contributed by atoms with E-state index in [1.165, 1.54) is 0 Å². The average Bonchev–Trinajstić information content (AvgIpc) is 2.16. The topological polar surface area (TPSA) is 38.3 Å². The lowest BCUT2D eigenvalue weighted by molar-refractivity contribution is -0.121. The van der Waals surface area contributed by atoms with Gasteiger partial charge in [0.15, 0.2) is 0 Å². The summed E-state index contributed by atoms with van der Waals surface area (Å²) >= 11 is 0. The molecule has 15 heavy (non-hydrogen) atoms. The summed E-state index contributed by atoms with van der Waals surface area (Å²) < 4.78 is 5.49. The molecule has 0 aliphatic carbocycles. The standard InChI is InChI=1S/C12H25NO2/c1-5-7-11(14)13-9-12(3,4)10-15-8-6-2/h5-10H2,1-4H3,(H,13,14). The first kappa shape index (κ1) is 14.4. The Morgan fingerprint density at radius 1 is 1.27 bits per heavy atom. The summed E-state index contributed by atoms with van der Waals surface area (Å²) in [6.07, 6.45) is 2.56. The van der Waals surface area contributed by atoms with Crippen LogP contribution in [0, 0.1) is 5.41 Å². The second kappa shape index (κ2) is 7.69. The van der Waals surface area contributed by atoms with Crippen molar-refractivity contribution in [2.75, 3.05) is 19.8 Å². The lowest BCUT2D eigenvalue weighted by Crippen LogP contribution is -2.36. The van der Waals surface area contributed by atoms with Crippen molar-refractivity contribution in [3.63, 3.8) is 0 Å². The molecule has 0 spiro atoms. The van der Waals surface area contributed by atoms with Crippen molar-refractivity contribution in [2.24, 2.45) is 5.41 Å². The van der Waals surface area contributed by atoms with Gasteiger partial charge >= 0.3 is 0 Å². The van der Waals surface area contributed by atoms with Gasteiger partial charge in [0.05, 0.1) is 6.61 Å². The van der Waals surface area contributed by atoms with E-state index in [-0.39, 0.29) is 11.3 Å². The highest BCUT2D eigenvalue weighted by Gasteiger charge is 2.18. The second-order valence-electron chi connectivity index (χ2n) is 4.74. The van der Waals surface area contributed by atoms with E-state index in [4.69, 9.17) is 4.74 Å². The summed E-state index contributed by atoms with van der Waals surface area (Å²) in [5.74, 6) is 0.140. The summed E-state index contributed by atoms with van der Waals surface area (Å²) in [6, 6.07) is 0. The van der Waals surface area contributed by atoms with Gasteiger partial charge in [0.2, 0.25) is 5.91 Å². The molecular weight excluding hydrogens is 190 g/mol. The monoisotopic (exact) mass is 215 g/mol. The maximum Gasteiger partial charge on any atom is 0.220 e. The van der Waals surface area contributed by atoms with E-state index in [0.29, 0.717) is 19.6 Å². The predicted molar refractivity (Wildman–Crippen MR) is 62.8 cm³/mol. The minimum absolute atomic E-state index is 0.0264. The van der Waals surface area contributed by atoms with Crippen molar-refractivity contribution >= 4 is 5.91 Å². The number of carbonyl (C=O) groups is 1. The van der Waals surface area contributed by atoms with E-state index in [2.05, 4.69) is 26.1 Å². The first-order valence-corrected chi connectivity index (χ1v) is 5.86. The normalized spacial score (nSPS) is 11.5. The molecule has 0 radical (unpaired) electrons. The summed E-state index contributed by atoms with van der Waals surface area (Å²) in [5, 5.41) is 2.93. The van der Waals surface area contributed by atoms with E-state index in [1.54, 1.807) is 0 Å². The zero-order valence-electron chi connectivity index (χ0n) is 10.6. The highest BCUT2D eigenvalue weighted by atomic mass is 16.5. The third-order valence-corrected chi connectivity index (χ3v) is 2.08. The van der Waals surface area contributed by atoms with E-state index >= 15 is 0 Å². The number of rotatable bonds is 8. The van der Waals surface area contributed by atoms with E-state index < -0.39 is 0 Å². The van der Waals surface area contributed by atoms with E-state index in [1.807, 2.05) is 6.92 Å². The Morgan fingerprint density at radius 2 is 1.93 bits per heavy atom. The Balaban J connectivity index is 3.67. The van der Waals surface area contributed by atoms with Crippen molar-refractivity contribution < 1.29 is 9.53 Å². The fourth-order valence-electron chi connectivity index (χ4n) is 1.20. The maximum atomic E-state index is 11.3. The molecule has 0 heterocycles. The Hall–Kier alpha value is -0.570. The van der Waals surface area contributed by atoms with Crippen molar-refractivity contribution in [2.45, 2.75) is 47.0 Å². The molecule has 0 atom stereocenters. The Bertz CT molecular complexity index is 178. The largest absolute Gasteiger partial charge is 0.381 e. The molecule has 0 aliphatic heterocycles. The number of carbonyl (C=O) groups excluding carboxylic acids is 1. The number of hydrogen-bond donors (Lipinski definition) is 1. The average molecular weight is 215 g/mol. The van der Waals surface area contributed by atoms with Gasteiger partial charge in [-0.1, -0.05) is 27.7 Å². The van der Waals surface area contributed by atoms with Crippen LogP contribution in [0.4, 0.5) is 0 Å². The van der Waals surface area contributed by atoms with Crippen LogP contribution in [0.25, 0.3) is 0 Å². The van der Waals surface area contributed by atoms with E-state index in [9.17, 15) is 4.79 Å². The molecule has 0 rings (SSSR count). The van der Waals surface area contributed by atoms with Gasteiger partial charge in [0.1, 0.15) is 0 Å². The number of amides is 1. The van der Waals surface area contributed by atoms with Gasteiger partial charge in [-0.3, -0.25) is 4.79 Å². The summed E-state index contributed by atoms with van der Waals surface area (Å²) in [5.41, 5.74) is 0.0264. The fourth-order valence-corrected chi connectivity index (χ4v) is 1.20. The minimum atomic E-state index is 0.0264. The zero-order valence-corrected chi connectivity index (χ0v) is 10.6. The van der Waals surface area contributed by atoms with Crippen LogP contribution in [0.3, 0.4) is 0 Å².